The molecule has 1 aromatic carbocycles. The number of nitrogens with two attached hydrogens (primary N) is 1. The van der Waals surface area contributed by atoms with Crippen LogP contribution in [0.5, 0.6) is 0 Å². The summed E-state index contributed by atoms with van der Waals surface area (Å²) < 4.78 is 40.3. The van der Waals surface area contributed by atoms with Crippen molar-refractivity contribution in [3.63, 3.8) is 0 Å². The van der Waals surface area contributed by atoms with Crippen LogP contribution in [0, 0.1) is 19.7 Å². The SMILES string of the molecule is Cc1cnc(NS(=O)(=O)c2cc(N)cc(C)c2F)s1. The highest BCUT2D eigenvalue weighted by Gasteiger charge is 2.22. The minimum atomic E-state index is -4.03. The Morgan fingerprint density at radius 1 is 1.37 bits per heavy atom. The van der Waals surface area contributed by atoms with Gasteiger partial charge in [0.05, 0.1) is 0 Å². The van der Waals surface area contributed by atoms with Crippen LogP contribution < -0.4 is 10.5 Å². The van der Waals surface area contributed by atoms with E-state index in [2.05, 4.69) is 9.71 Å². The van der Waals surface area contributed by atoms with E-state index in [0.29, 0.717) is 0 Å². The molecular formula is C11H12FN3O2S2. The van der Waals surface area contributed by atoms with Crippen LogP contribution in [0.1, 0.15) is 10.4 Å². The van der Waals surface area contributed by atoms with E-state index in [1.54, 1.807) is 6.92 Å². The number of nitrogens with zero attached hydrogens (tertiary/aromatic N) is 1. The fourth-order valence-electron chi connectivity index (χ4n) is 1.53. The molecule has 1 aromatic heterocycles. The molecule has 0 bridgehead atoms. The monoisotopic (exact) mass is 301 g/mol. The van der Waals surface area contributed by atoms with Gasteiger partial charge in [-0.15, -0.1) is 11.3 Å². The van der Waals surface area contributed by atoms with E-state index in [0.717, 1.165) is 10.9 Å². The fourth-order valence-corrected chi connectivity index (χ4v) is 3.62. The summed E-state index contributed by atoms with van der Waals surface area (Å²) in [5.41, 5.74) is 5.92. The van der Waals surface area contributed by atoms with Gasteiger partial charge in [-0.1, -0.05) is 0 Å². The van der Waals surface area contributed by atoms with Crippen molar-refractivity contribution in [3.05, 3.63) is 34.6 Å². The lowest BCUT2D eigenvalue weighted by Crippen LogP contribution is -2.15. The number of nitrogen functional groups attached to an aromatic ring is 1. The lowest BCUT2D eigenvalue weighted by atomic mass is 10.2. The Morgan fingerprint density at radius 3 is 2.63 bits per heavy atom. The molecule has 0 fully saturated rings. The number of hydrogen-bond donors (Lipinski definition) is 2. The molecule has 0 spiro atoms. The molecule has 0 amide bonds. The summed E-state index contributed by atoms with van der Waals surface area (Å²) in [6.45, 7) is 3.25. The van der Waals surface area contributed by atoms with E-state index in [1.165, 1.54) is 30.5 Å². The summed E-state index contributed by atoms with van der Waals surface area (Å²) in [6.07, 6.45) is 1.53. The first-order valence-corrected chi connectivity index (χ1v) is 7.60. The van der Waals surface area contributed by atoms with Crippen molar-refractivity contribution in [2.45, 2.75) is 18.7 Å². The Hall–Kier alpha value is -1.67. The highest BCUT2D eigenvalue weighted by atomic mass is 32.2. The van der Waals surface area contributed by atoms with Gasteiger partial charge in [0, 0.05) is 16.8 Å². The van der Waals surface area contributed by atoms with E-state index in [4.69, 9.17) is 5.73 Å². The van der Waals surface area contributed by atoms with Crippen LogP contribution in [0.15, 0.2) is 23.2 Å². The highest BCUT2D eigenvalue weighted by molar-refractivity contribution is 7.93. The number of aromatic nitrogens is 1. The molecule has 3 N–H and O–H groups in total. The smallest absolute Gasteiger partial charge is 0.266 e. The first-order valence-electron chi connectivity index (χ1n) is 5.30. The van der Waals surface area contributed by atoms with Gasteiger partial charge in [0.15, 0.2) is 5.13 Å². The summed E-state index contributed by atoms with van der Waals surface area (Å²) in [4.78, 5) is 4.25. The maximum atomic E-state index is 13.9. The first-order chi connectivity index (χ1) is 8.79. The molecule has 102 valence electrons. The molecule has 5 nitrogen and oxygen atoms in total. The second-order valence-electron chi connectivity index (χ2n) is 4.03. The largest absolute Gasteiger partial charge is 0.399 e. The highest BCUT2D eigenvalue weighted by Crippen LogP contribution is 2.25. The van der Waals surface area contributed by atoms with E-state index in [1.807, 2.05) is 0 Å². The summed E-state index contributed by atoms with van der Waals surface area (Å²) in [5.74, 6) is -0.810. The maximum absolute atomic E-state index is 13.9. The van der Waals surface area contributed by atoms with Crippen molar-refractivity contribution in [1.82, 2.24) is 4.98 Å². The zero-order valence-corrected chi connectivity index (χ0v) is 11.9. The van der Waals surface area contributed by atoms with Crippen LogP contribution in [-0.2, 0) is 10.0 Å². The number of aryl methyl sites for hydroxylation is 2. The quantitative estimate of drug-likeness (QED) is 0.852. The topological polar surface area (TPSA) is 85.1 Å². The maximum Gasteiger partial charge on any atom is 0.266 e. The van der Waals surface area contributed by atoms with Crippen molar-refractivity contribution in [2.24, 2.45) is 0 Å². The molecule has 0 aliphatic carbocycles. The van der Waals surface area contributed by atoms with E-state index >= 15 is 0 Å². The lowest BCUT2D eigenvalue weighted by Gasteiger charge is -2.09. The number of halogens is 1. The third-order valence-electron chi connectivity index (χ3n) is 2.38. The van der Waals surface area contributed by atoms with E-state index in [9.17, 15) is 12.8 Å². The molecule has 19 heavy (non-hydrogen) atoms. The Kier molecular flexibility index (Phi) is 3.46. The number of thiazole rings is 1. The zero-order chi connectivity index (χ0) is 14.2. The molecule has 0 aliphatic rings. The van der Waals surface area contributed by atoms with E-state index in [-0.39, 0.29) is 16.4 Å². The molecule has 2 rings (SSSR count). The number of sulfonamides is 1. The van der Waals surface area contributed by atoms with Gasteiger partial charge >= 0.3 is 0 Å². The van der Waals surface area contributed by atoms with Gasteiger partial charge in [-0.25, -0.2) is 17.8 Å². The lowest BCUT2D eigenvalue weighted by molar-refractivity contribution is 0.565. The Balaban J connectivity index is 2.45. The van der Waals surface area contributed by atoms with Gasteiger partial charge in [0.1, 0.15) is 10.7 Å². The van der Waals surface area contributed by atoms with Crippen LogP contribution in [0.3, 0.4) is 0 Å². The summed E-state index contributed by atoms with van der Waals surface area (Å²) >= 11 is 1.17. The van der Waals surface area contributed by atoms with Crippen LogP contribution in [0.25, 0.3) is 0 Å². The molecule has 0 radical (unpaired) electrons. The van der Waals surface area contributed by atoms with Crippen molar-refractivity contribution >= 4 is 32.2 Å². The molecule has 8 heteroatoms. The second-order valence-corrected chi connectivity index (χ2v) is 6.92. The average Bonchev–Trinajstić information content (AvgIpc) is 2.68. The van der Waals surface area contributed by atoms with Gasteiger partial charge in [-0.05, 0) is 31.5 Å². The third kappa shape index (κ3) is 2.85. The number of rotatable bonds is 3. The van der Waals surface area contributed by atoms with Crippen LogP contribution in [-0.4, -0.2) is 13.4 Å². The fraction of sp³-hybridized carbons (Fsp3) is 0.182. The molecule has 0 atom stereocenters. The normalized spacial score (nSPS) is 11.5. The minimum Gasteiger partial charge on any atom is -0.399 e. The van der Waals surface area contributed by atoms with Gasteiger partial charge in [0.2, 0.25) is 0 Å². The summed E-state index contributed by atoms with van der Waals surface area (Å²) in [5, 5.41) is 0.192. The Morgan fingerprint density at radius 2 is 2.05 bits per heavy atom. The molecule has 0 unspecified atom stereocenters. The number of anilines is 2. The molecule has 0 aliphatic heterocycles. The standard InChI is InChI=1S/C11H12FN3O2S2/c1-6-3-8(13)4-9(10(6)12)19(16,17)15-11-14-5-7(2)18-11/h3-5H,13H2,1-2H3,(H,14,15). The molecule has 2 aromatic rings. The predicted molar refractivity (Wildman–Crippen MR) is 73.2 cm³/mol. The van der Waals surface area contributed by atoms with Gasteiger partial charge in [0.25, 0.3) is 10.0 Å². The molecular weight excluding hydrogens is 289 g/mol. The molecule has 1 heterocycles. The van der Waals surface area contributed by atoms with Crippen LogP contribution in [0.2, 0.25) is 0 Å². The Bertz CT molecular complexity index is 726. The number of nitrogens with one attached hydrogen (secondary N) is 1. The average molecular weight is 301 g/mol. The zero-order valence-electron chi connectivity index (χ0n) is 10.3. The summed E-state index contributed by atoms with van der Waals surface area (Å²) in [7, 11) is -4.03. The molecule has 0 saturated heterocycles. The predicted octanol–water partition coefficient (Wildman–Crippen LogP) is 2.28. The van der Waals surface area contributed by atoms with Gasteiger partial charge < -0.3 is 5.73 Å². The van der Waals surface area contributed by atoms with Gasteiger partial charge in [-0.3, -0.25) is 4.72 Å². The number of benzene rings is 1. The van der Waals surface area contributed by atoms with Crippen molar-refractivity contribution in [3.8, 4) is 0 Å². The van der Waals surface area contributed by atoms with Crippen LogP contribution >= 0.6 is 11.3 Å². The number of hydrogen-bond acceptors (Lipinski definition) is 5. The van der Waals surface area contributed by atoms with Gasteiger partial charge in [-0.2, -0.15) is 0 Å². The van der Waals surface area contributed by atoms with E-state index < -0.39 is 20.7 Å². The Labute approximate surface area is 114 Å². The first kappa shape index (κ1) is 13.8. The molecule has 0 saturated carbocycles. The van der Waals surface area contributed by atoms with Crippen molar-refractivity contribution in [1.29, 1.82) is 0 Å². The van der Waals surface area contributed by atoms with Crippen LogP contribution in [0.4, 0.5) is 15.2 Å². The second kappa shape index (κ2) is 4.78. The van der Waals surface area contributed by atoms with Crippen molar-refractivity contribution in [2.75, 3.05) is 10.5 Å². The third-order valence-corrected chi connectivity index (χ3v) is 4.67. The minimum absolute atomic E-state index is 0.177. The summed E-state index contributed by atoms with van der Waals surface area (Å²) in [6, 6.07) is 2.47. The van der Waals surface area contributed by atoms with Crippen molar-refractivity contribution < 1.29 is 12.8 Å².